The van der Waals surface area contributed by atoms with Crippen LogP contribution < -0.4 is 10.0 Å². The van der Waals surface area contributed by atoms with Crippen LogP contribution in [0.25, 0.3) is 0 Å². The van der Waals surface area contributed by atoms with Crippen LogP contribution in [0.15, 0.2) is 29.2 Å². The minimum absolute atomic E-state index is 0.0489. The lowest BCUT2D eigenvalue weighted by atomic mass is 10.2. The van der Waals surface area contributed by atoms with Gasteiger partial charge in [0.2, 0.25) is 10.0 Å². The fourth-order valence-corrected chi connectivity index (χ4v) is 3.29. The van der Waals surface area contributed by atoms with Crippen LogP contribution in [0.4, 0.5) is 5.69 Å². The van der Waals surface area contributed by atoms with Crippen LogP contribution in [0.5, 0.6) is 0 Å². The monoisotopic (exact) mass is 315 g/mol. The van der Waals surface area contributed by atoms with Crippen molar-refractivity contribution in [3.05, 3.63) is 34.4 Å². The molecule has 1 heterocycles. The summed E-state index contributed by atoms with van der Waals surface area (Å²) < 4.78 is 32.1. The van der Waals surface area contributed by atoms with Crippen LogP contribution in [-0.2, 0) is 14.8 Å². The quantitative estimate of drug-likeness (QED) is 0.575. The molecule has 0 radical (unpaired) electrons. The SMILES string of the molecule is O=[N+]([O-])c1ccccc1S(=O)(=O)NCCC1CNCCO1. The van der Waals surface area contributed by atoms with Gasteiger partial charge in [-0.05, 0) is 12.5 Å². The lowest BCUT2D eigenvalue weighted by molar-refractivity contribution is -0.387. The minimum Gasteiger partial charge on any atom is -0.376 e. The highest BCUT2D eigenvalue weighted by atomic mass is 32.2. The van der Waals surface area contributed by atoms with Crippen molar-refractivity contribution < 1.29 is 18.1 Å². The molecular formula is C12H17N3O5S. The van der Waals surface area contributed by atoms with Gasteiger partial charge in [-0.15, -0.1) is 0 Å². The second kappa shape index (κ2) is 6.94. The number of morpholine rings is 1. The van der Waals surface area contributed by atoms with Crippen molar-refractivity contribution in [1.82, 2.24) is 10.0 Å². The molecule has 0 amide bonds. The Morgan fingerprint density at radius 1 is 1.43 bits per heavy atom. The minimum atomic E-state index is -3.90. The maximum Gasteiger partial charge on any atom is 0.289 e. The highest BCUT2D eigenvalue weighted by Gasteiger charge is 2.25. The Labute approximate surface area is 122 Å². The van der Waals surface area contributed by atoms with E-state index in [1.165, 1.54) is 24.3 Å². The third kappa shape index (κ3) is 4.21. The lowest BCUT2D eigenvalue weighted by Gasteiger charge is -2.23. The number of rotatable bonds is 6. The molecule has 21 heavy (non-hydrogen) atoms. The van der Waals surface area contributed by atoms with Crippen LogP contribution in [0.1, 0.15) is 6.42 Å². The summed E-state index contributed by atoms with van der Waals surface area (Å²) in [6.45, 7) is 2.23. The molecule has 1 fully saturated rings. The molecule has 1 aliphatic heterocycles. The molecule has 1 saturated heterocycles. The molecule has 0 spiro atoms. The van der Waals surface area contributed by atoms with E-state index in [2.05, 4.69) is 10.0 Å². The molecule has 116 valence electrons. The van der Waals surface area contributed by atoms with E-state index in [1.807, 2.05) is 0 Å². The third-order valence-electron chi connectivity index (χ3n) is 3.11. The van der Waals surface area contributed by atoms with E-state index in [0.717, 1.165) is 6.54 Å². The van der Waals surface area contributed by atoms with Gasteiger partial charge in [0.05, 0.1) is 17.6 Å². The molecule has 0 saturated carbocycles. The maximum atomic E-state index is 12.1. The van der Waals surface area contributed by atoms with Gasteiger partial charge in [0, 0.05) is 25.7 Å². The molecule has 1 unspecified atom stereocenters. The topological polar surface area (TPSA) is 111 Å². The number of nitro benzene ring substituents is 1. The van der Waals surface area contributed by atoms with Crippen LogP contribution in [0.2, 0.25) is 0 Å². The van der Waals surface area contributed by atoms with Gasteiger partial charge >= 0.3 is 0 Å². The molecule has 2 rings (SSSR count). The number of para-hydroxylation sites is 1. The molecule has 1 aliphatic rings. The molecule has 1 aromatic carbocycles. The summed E-state index contributed by atoms with van der Waals surface area (Å²) in [6.07, 6.45) is 0.458. The van der Waals surface area contributed by atoms with Crippen LogP contribution in [-0.4, -0.2) is 45.7 Å². The van der Waals surface area contributed by atoms with Crippen LogP contribution in [0, 0.1) is 10.1 Å². The van der Waals surface area contributed by atoms with Gasteiger partial charge in [-0.3, -0.25) is 10.1 Å². The normalized spacial score (nSPS) is 19.3. The summed E-state index contributed by atoms with van der Waals surface area (Å²) in [5.74, 6) is 0. The number of sulfonamides is 1. The van der Waals surface area contributed by atoms with Crippen molar-refractivity contribution in [3.8, 4) is 0 Å². The van der Waals surface area contributed by atoms with Gasteiger partial charge < -0.3 is 10.1 Å². The van der Waals surface area contributed by atoms with E-state index in [-0.39, 0.29) is 17.5 Å². The standard InChI is InChI=1S/C12H17N3O5S/c16-15(17)11-3-1-2-4-12(11)21(18,19)14-6-5-10-9-13-7-8-20-10/h1-4,10,13-14H,5-9H2. The molecule has 9 heteroatoms. The summed E-state index contributed by atoms with van der Waals surface area (Å²) in [7, 11) is -3.90. The third-order valence-corrected chi connectivity index (χ3v) is 4.62. The Balaban J connectivity index is 2.00. The molecule has 1 aromatic rings. The summed E-state index contributed by atoms with van der Waals surface area (Å²) in [6, 6.07) is 5.27. The molecule has 2 N–H and O–H groups in total. The molecule has 0 aromatic heterocycles. The number of ether oxygens (including phenoxy) is 1. The van der Waals surface area contributed by atoms with Crippen molar-refractivity contribution >= 4 is 15.7 Å². The van der Waals surface area contributed by atoms with E-state index in [4.69, 9.17) is 4.74 Å². The van der Waals surface area contributed by atoms with Crippen molar-refractivity contribution in [2.45, 2.75) is 17.4 Å². The highest BCUT2D eigenvalue weighted by molar-refractivity contribution is 7.89. The van der Waals surface area contributed by atoms with E-state index >= 15 is 0 Å². The number of hydrogen-bond acceptors (Lipinski definition) is 6. The lowest BCUT2D eigenvalue weighted by Crippen LogP contribution is -2.40. The first-order chi connectivity index (χ1) is 10.0. The molecular weight excluding hydrogens is 298 g/mol. The Hall–Kier alpha value is -1.55. The van der Waals surface area contributed by atoms with Crippen LogP contribution in [0.3, 0.4) is 0 Å². The molecule has 8 nitrogen and oxygen atoms in total. The van der Waals surface area contributed by atoms with Gasteiger partial charge in [-0.1, -0.05) is 12.1 Å². The van der Waals surface area contributed by atoms with Gasteiger partial charge in [-0.25, -0.2) is 13.1 Å². The second-order valence-electron chi connectivity index (χ2n) is 4.61. The van der Waals surface area contributed by atoms with Crippen molar-refractivity contribution in [3.63, 3.8) is 0 Å². The van der Waals surface area contributed by atoms with E-state index < -0.39 is 20.6 Å². The fourth-order valence-electron chi connectivity index (χ4n) is 2.07. The zero-order chi connectivity index (χ0) is 15.3. The summed E-state index contributed by atoms with van der Waals surface area (Å²) in [5, 5.41) is 14.0. The van der Waals surface area contributed by atoms with Gasteiger partial charge in [0.15, 0.2) is 4.90 Å². The number of nitrogens with one attached hydrogen (secondary N) is 2. The second-order valence-corrected chi connectivity index (χ2v) is 6.34. The Bertz CT molecular complexity index is 599. The van der Waals surface area contributed by atoms with E-state index in [0.29, 0.717) is 19.6 Å². The predicted molar refractivity (Wildman–Crippen MR) is 75.5 cm³/mol. The van der Waals surface area contributed by atoms with Gasteiger partial charge in [0.25, 0.3) is 5.69 Å². The van der Waals surface area contributed by atoms with Crippen molar-refractivity contribution in [1.29, 1.82) is 0 Å². The average molecular weight is 315 g/mol. The molecule has 1 atom stereocenters. The zero-order valence-corrected chi connectivity index (χ0v) is 12.1. The van der Waals surface area contributed by atoms with Crippen molar-refractivity contribution in [2.75, 3.05) is 26.2 Å². The van der Waals surface area contributed by atoms with E-state index in [1.54, 1.807) is 0 Å². The highest BCUT2D eigenvalue weighted by Crippen LogP contribution is 2.22. The van der Waals surface area contributed by atoms with Crippen molar-refractivity contribution in [2.24, 2.45) is 0 Å². The summed E-state index contributed by atoms with van der Waals surface area (Å²) in [4.78, 5) is 9.85. The number of benzene rings is 1. The average Bonchev–Trinajstić information content (AvgIpc) is 2.48. The van der Waals surface area contributed by atoms with Crippen LogP contribution >= 0.6 is 0 Å². The van der Waals surface area contributed by atoms with Gasteiger partial charge in [0.1, 0.15) is 0 Å². The summed E-state index contributed by atoms with van der Waals surface area (Å²) in [5.41, 5.74) is -0.430. The van der Waals surface area contributed by atoms with E-state index in [9.17, 15) is 18.5 Å². The first-order valence-electron chi connectivity index (χ1n) is 6.56. The number of nitrogens with zero attached hydrogens (tertiary/aromatic N) is 1. The molecule has 0 bridgehead atoms. The summed E-state index contributed by atoms with van der Waals surface area (Å²) >= 11 is 0. The predicted octanol–water partition coefficient (Wildman–Crippen LogP) is 0.252. The molecule has 0 aliphatic carbocycles. The first-order valence-corrected chi connectivity index (χ1v) is 8.04. The Morgan fingerprint density at radius 3 is 2.86 bits per heavy atom. The smallest absolute Gasteiger partial charge is 0.289 e. The fraction of sp³-hybridized carbons (Fsp3) is 0.500. The Morgan fingerprint density at radius 2 is 2.19 bits per heavy atom. The van der Waals surface area contributed by atoms with Gasteiger partial charge in [-0.2, -0.15) is 0 Å². The zero-order valence-electron chi connectivity index (χ0n) is 11.3. The number of nitro groups is 1. The Kier molecular flexibility index (Phi) is 5.23. The first kappa shape index (κ1) is 15.8. The largest absolute Gasteiger partial charge is 0.376 e. The maximum absolute atomic E-state index is 12.1. The number of hydrogen-bond donors (Lipinski definition) is 2.